The number of aryl methyl sites for hydroxylation is 2. The highest BCUT2D eigenvalue weighted by Gasteiger charge is 2.26. The Hall–Kier alpha value is -1.66. The summed E-state index contributed by atoms with van der Waals surface area (Å²) in [6.45, 7) is 10.6. The van der Waals surface area contributed by atoms with Crippen molar-refractivity contribution >= 4 is 33.1 Å². The lowest BCUT2D eigenvalue weighted by Gasteiger charge is -2.33. The van der Waals surface area contributed by atoms with Gasteiger partial charge in [0, 0.05) is 37.3 Å². The number of fused-ring (bicyclic) bond motifs is 1. The minimum atomic E-state index is 0.0494. The van der Waals surface area contributed by atoms with Crippen molar-refractivity contribution in [2.75, 3.05) is 38.5 Å². The average Bonchev–Trinajstić information content (AvgIpc) is 2.83. The first-order chi connectivity index (χ1) is 10.5. The lowest BCUT2D eigenvalue weighted by molar-refractivity contribution is 0.0649. The molecule has 0 aromatic carbocycles. The van der Waals surface area contributed by atoms with E-state index in [1.807, 2.05) is 24.8 Å². The summed E-state index contributed by atoms with van der Waals surface area (Å²) >= 11 is 1.42. The van der Waals surface area contributed by atoms with Gasteiger partial charge in [-0.3, -0.25) is 4.79 Å². The minimum Gasteiger partial charge on any atom is -0.397 e. The van der Waals surface area contributed by atoms with Gasteiger partial charge in [0.1, 0.15) is 9.71 Å². The molecule has 0 spiro atoms. The molecule has 1 fully saturated rings. The van der Waals surface area contributed by atoms with E-state index in [1.165, 1.54) is 11.3 Å². The first kappa shape index (κ1) is 15.2. The van der Waals surface area contributed by atoms with Crippen molar-refractivity contribution in [2.45, 2.75) is 20.8 Å². The molecule has 2 aromatic rings. The third-order valence-corrected chi connectivity index (χ3v) is 5.41. The zero-order valence-electron chi connectivity index (χ0n) is 13.3. The van der Waals surface area contributed by atoms with E-state index in [-0.39, 0.29) is 5.91 Å². The molecule has 1 aliphatic rings. The summed E-state index contributed by atoms with van der Waals surface area (Å²) in [4.78, 5) is 23.1. The number of thiophene rings is 1. The van der Waals surface area contributed by atoms with Crippen molar-refractivity contribution in [3.8, 4) is 0 Å². The zero-order valence-corrected chi connectivity index (χ0v) is 14.2. The fraction of sp³-hybridized carbons (Fsp3) is 0.500. The number of likely N-dealkylation sites (N-methyl/N-ethyl adjacent to an activating group) is 1. The number of rotatable bonds is 2. The number of hydrogen-bond donors (Lipinski definition) is 1. The van der Waals surface area contributed by atoms with Gasteiger partial charge in [0.15, 0.2) is 0 Å². The molecule has 0 aliphatic carbocycles. The predicted molar refractivity (Wildman–Crippen MR) is 91.5 cm³/mol. The molecular weight excluding hydrogens is 296 g/mol. The highest BCUT2D eigenvalue weighted by atomic mass is 32.1. The van der Waals surface area contributed by atoms with Crippen LogP contribution in [-0.4, -0.2) is 53.4 Å². The van der Waals surface area contributed by atoms with Crippen molar-refractivity contribution in [3.63, 3.8) is 0 Å². The van der Waals surface area contributed by atoms with Crippen LogP contribution in [0.3, 0.4) is 0 Å². The molecule has 1 saturated heterocycles. The largest absolute Gasteiger partial charge is 0.397 e. The monoisotopic (exact) mass is 318 g/mol. The number of nitrogens with two attached hydrogens (primary N) is 1. The summed E-state index contributed by atoms with van der Waals surface area (Å²) in [7, 11) is 0. The van der Waals surface area contributed by atoms with Crippen LogP contribution in [0.1, 0.15) is 27.9 Å². The second-order valence-electron chi connectivity index (χ2n) is 5.83. The van der Waals surface area contributed by atoms with Crippen molar-refractivity contribution in [1.29, 1.82) is 0 Å². The number of piperazine rings is 1. The Morgan fingerprint density at radius 3 is 2.64 bits per heavy atom. The van der Waals surface area contributed by atoms with Gasteiger partial charge in [-0.25, -0.2) is 4.98 Å². The van der Waals surface area contributed by atoms with Gasteiger partial charge in [-0.2, -0.15) is 0 Å². The van der Waals surface area contributed by atoms with Gasteiger partial charge in [-0.1, -0.05) is 6.92 Å². The Balaban J connectivity index is 1.92. The minimum absolute atomic E-state index is 0.0494. The molecule has 5 nitrogen and oxygen atoms in total. The van der Waals surface area contributed by atoms with Gasteiger partial charge in [0.2, 0.25) is 0 Å². The fourth-order valence-electron chi connectivity index (χ4n) is 3.04. The highest BCUT2D eigenvalue weighted by molar-refractivity contribution is 7.21. The maximum Gasteiger partial charge on any atom is 0.266 e. The van der Waals surface area contributed by atoms with E-state index in [0.29, 0.717) is 10.6 Å². The SMILES string of the molecule is CCN1CCN(C(=O)c2sc3nc(C)cc(C)c3c2N)CC1. The summed E-state index contributed by atoms with van der Waals surface area (Å²) in [5.41, 5.74) is 8.90. The normalized spacial score (nSPS) is 16.4. The number of carbonyl (C=O) groups is 1. The van der Waals surface area contributed by atoms with Gasteiger partial charge < -0.3 is 15.5 Å². The smallest absolute Gasteiger partial charge is 0.266 e. The molecule has 3 heterocycles. The van der Waals surface area contributed by atoms with Crippen LogP contribution >= 0.6 is 11.3 Å². The molecule has 0 saturated carbocycles. The number of aromatic nitrogens is 1. The molecule has 2 N–H and O–H groups in total. The fourth-order valence-corrected chi connectivity index (χ4v) is 4.22. The standard InChI is InChI=1S/C16H22N4OS/c1-4-19-5-7-20(8-6-19)16(21)14-13(17)12-10(2)9-11(3)18-15(12)22-14/h9H,4-8,17H2,1-3H3. The maximum atomic E-state index is 12.8. The molecule has 6 heteroatoms. The van der Waals surface area contributed by atoms with Crippen LogP contribution in [0.2, 0.25) is 0 Å². The molecule has 3 rings (SSSR count). The van der Waals surface area contributed by atoms with Gasteiger partial charge in [0.25, 0.3) is 5.91 Å². The molecule has 118 valence electrons. The van der Waals surface area contributed by atoms with Gasteiger partial charge in [0.05, 0.1) is 5.69 Å². The van der Waals surface area contributed by atoms with E-state index in [4.69, 9.17) is 5.73 Å². The van der Waals surface area contributed by atoms with Gasteiger partial charge in [-0.05, 0) is 32.0 Å². The molecule has 0 radical (unpaired) electrons. The first-order valence-electron chi connectivity index (χ1n) is 7.69. The van der Waals surface area contributed by atoms with Gasteiger partial charge in [-0.15, -0.1) is 11.3 Å². The van der Waals surface area contributed by atoms with Crippen LogP contribution in [0.25, 0.3) is 10.2 Å². The summed E-state index contributed by atoms with van der Waals surface area (Å²) in [5, 5.41) is 0.936. The van der Waals surface area contributed by atoms with E-state index in [0.717, 1.165) is 54.2 Å². The van der Waals surface area contributed by atoms with E-state index in [9.17, 15) is 4.79 Å². The number of nitrogen functional groups attached to an aromatic ring is 1. The maximum absolute atomic E-state index is 12.8. The number of nitrogens with zero attached hydrogens (tertiary/aromatic N) is 3. The molecule has 1 aliphatic heterocycles. The Kier molecular flexibility index (Phi) is 4.06. The van der Waals surface area contributed by atoms with Crippen molar-refractivity contribution < 1.29 is 4.79 Å². The number of amides is 1. The number of carbonyl (C=O) groups excluding carboxylic acids is 1. The van der Waals surface area contributed by atoms with Gasteiger partial charge >= 0.3 is 0 Å². The summed E-state index contributed by atoms with van der Waals surface area (Å²) < 4.78 is 0. The lowest BCUT2D eigenvalue weighted by atomic mass is 10.1. The zero-order chi connectivity index (χ0) is 15.9. The molecule has 0 bridgehead atoms. The van der Waals surface area contributed by atoms with E-state index >= 15 is 0 Å². The van der Waals surface area contributed by atoms with Crippen LogP contribution in [0.15, 0.2) is 6.07 Å². The third kappa shape index (κ3) is 2.57. The highest BCUT2D eigenvalue weighted by Crippen LogP contribution is 2.35. The average molecular weight is 318 g/mol. The van der Waals surface area contributed by atoms with Crippen LogP contribution in [0.4, 0.5) is 5.69 Å². The molecule has 2 aromatic heterocycles. The van der Waals surface area contributed by atoms with Crippen molar-refractivity contribution in [1.82, 2.24) is 14.8 Å². The summed E-state index contributed by atoms with van der Waals surface area (Å²) in [6, 6.07) is 2.01. The Morgan fingerprint density at radius 2 is 2.00 bits per heavy atom. The molecule has 22 heavy (non-hydrogen) atoms. The summed E-state index contributed by atoms with van der Waals surface area (Å²) in [5.74, 6) is 0.0494. The number of anilines is 1. The second kappa shape index (κ2) is 5.85. The molecular formula is C16H22N4OS. The van der Waals surface area contributed by atoms with Crippen molar-refractivity contribution in [2.24, 2.45) is 0 Å². The van der Waals surface area contributed by atoms with E-state index < -0.39 is 0 Å². The molecule has 0 atom stereocenters. The lowest BCUT2D eigenvalue weighted by Crippen LogP contribution is -2.48. The predicted octanol–water partition coefficient (Wildman–Crippen LogP) is 2.27. The van der Waals surface area contributed by atoms with Crippen molar-refractivity contribution in [3.05, 3.63) is 22.2 Å². The van der Waals surface area contributed by atoms with Crippen LogP contribution < -0.4 is 5.73 Å². The quantitative estimate of drug-likeness (QED) is 0.923. The van der Waals surface area contributed by atoms with E-state index in [1.54, 1.807) is 0 Å². The Morgan fingerprint density at radius 1 is 1.32 bits per heavy atom. The third-order valence-electron chi connectivity index (χ3n) is 4.33. The first-order valence-corrected chi connectivity index (χ1v) is 8.50. The molecule has 0 unspecified atom stereocenters. The number of pyridine rings is 1. The second-order valence-corrected chi connectivity index (χ2v) is 6.83. The number of hydrogen-bond acceptors (Lipinski definition) is 5. The van der Waals surface area contributed by atoms with E-state index in [2.05, 4.69) is 16.8 Å². The topological polar surface area (TPSA) is 62.5 Å². The van der Waals surface area contributed by atoms with Crippen LogP contribution in [0, 0.1) is 13.8 Å². The molecule has 1 amide bonds. The Bertz CT molecular complexity index is 716. The van der Waals surface area contributed by atoms with Crippen LogP contribution in [0.5, 0.6) is 0 Å². The Labute approximate surface area is 134 Å². The summed E-state index contributed by atoms with van der Waals surface area (Å²) in [6.07, 6.45) is 0. The van der Waals surface area contributed by atoms with Crippen LogP contribution in [-0.2, 0) is 0 Å².